The topological polar surface area (TPSA) is 73.3 Å². The third-order valence-electron chi connectivity index (χ3n) is 8.11. The van der Waals surface area contributed by atoms with Gasteiger partial charge in [-0.3, -0.25) is 4.79 Å². The number of epoxide rings is 1. The van der Waals surface area contributed by atoms with E-state index in [1.165, 1.54) is 0 Å². The Kier molecular flexibility index (Phi) is 3.41. The lowest BCUT2D eigenvalue weighted by atomic mass is 9.40. The van der Waals surface area contributed by atoms with Crippen LogP contribution in [-0.2, 0) is 28.0 Å². The minimum atomic E-state index is -0.399. The second kappa shape index (κ2) is 5.31. The number of benzene rings is 1. The number of ketones is 1. The highest BCUT2D eigenvalue weighted by Gasteiger charge is 2.72. The molecule has 0 radical (unpaired) electrons. The van der Waals surface area contributed by atoms with Gasteiger partial charge in [-0.1, -0.05) is 19.1 Å². The molecule has 2 aliphatic heterocycles. The lowest BCUT2D eigenvalue weighted by molar-refractivity contribution is -0.154. The van der Waals surface area contributed by atoms with Gasteiger partial charge in [0.05, 0.1) is 19.3 Å². The molecule has 0 spiro atoms. The summed E-state index contributed by atoms with van der Waals surface area (Å²) in [6, 6.07) is 4.21. The van der Waals surface area contributed by atoms with E-state index in [1.807, 2.05) is 6.07 Å². The molecule has 3 fully saturated rings. The first-order chi connectivity index (χ1) is 12.5. The second-order valence-electron chi connectivity index (χ2n) is 8.74. The fourth-order valence-electron chi connectivity index (χ4n) is 6.86. The molecule has 5 rings (SSSR count). The molecule has 5 heteroatoms. The first kappa shape index (κ1) is 16.7. The summed E-state index contributed by atoms with van der Waals surface area (Å²) in [5, 5.41) is 20.9. The molecule has 5 nitrogen and oxygen atoms in total. The van der Waals surface area contributed by atoms with E-state index in [2.05, 4.69) is 24.9 Å². The van der Waals surface area contributed by atoms with Crippen molar-refractivity contribution in [2.45, 2.75) is 56.8 Å². The van der Waals surface area contributed by atoms with Gasteiger partial charge >= 0.3 is 0 Å². The number of likely N-dealkylation sites (N-methyl/N-ethyl adjacent to an activating group) is 1. The van der Waals surface area contributed by atoms with E-state index in [9.17, 15) is 15.0 Å². The van der Waals surface area contributed by atoms with Gasteiger partial charge in [0.25, 0.3) is 0 Å². The minimum absolute atomic E-state index is 0.133. The van der Waals surface area contributed by atoms with E-state index in [0.717, 1.165) is 43.5 Å². The van der Waals surface area contributed by atoms with Crippen LogP contribution >= 0.6 is 0 Å². The van der Waals surface area contributed by atoms with Crippen LogP contribution in [0, 0.1) is 11.3 Å². The lowest BCUT2D eigenvalue weighted by Crippen LogP contribution is -2.72. The van der Waals surface area contributed by atoms with Gasteiger partial charge < -0.3 is 19.8 Å². The van der Waals surface area contributed by atoms with Gasteiger partial charge in [-0.25, -0.2) is 0 Å². The zero-order chi connectivity index (χ0) is 18.3. The lowest BCUT2D eigenvalue weighted by Gasteiger charge is -2.67. The molecule has 0 amide bonds. The third kappa shape index (κ3) is 1.75. The quantitative estimate of drug-likeness (QED) is 0.789. The number of hydrogen-bond donors (Lipinski definition) is 2. The van der Waals surface area contributed by atoms with Crippen molar-refractivity contribution in [1.29, 1.82) is 0 Å². The van der Waals surface area contributed by atoms with Gasteiger partial charge in [0.2, 0.25) is 0 Å². The average molecular weight is 357 g/mol. The van der Waals surface area contributed by atoms with E-state index in [1.54, 1.807) is 0 Å². The highest BCUT2D eigenvalue weighted by Crippen LogP contribution is 2.69. The molecule has 1 aromatic rings. The van der Waals surface area contributed by atoms with Crippen molar-refractivity contribution in [2.75, 3.05) is 20.2 Å². The molecule has 1 aromatic carbocycles. The number of aliphatic hydroxyl groups is 1. The van der Waals surface area contributed by atoms with Crippen LogP contribution < -0.4 is 0 Å². The molecule has 0 aromatic heterocycles. The van der Waals surface area contributed by atoms with Crippen LogP contribution in [0.3, 0.4) is 0 Å². The first-order valence-corrected chi connectivity index (χ1v) is 9.77. The van der Waals surface area contributed by atoms with Crippen molar-refractivity contribution >= 4 is 5.78 Å². The standard InChI is InChI=1S/C21H27NO4/c1-12-15(24)5-6-21(17-11-26-17)16-9-13-3-4-14(10-23)19(25)18(13)20(12,21)7-8-22(16)2/h3-4,12,16-17,23,25H,5-11H2,1-2H3/t12-,16?,17?,20-,21+/m1/s1. The normalized spacial score (nSPS) is 41.5. The number of ether oxygens (including phenoxy) is 1. The molecular formula is C21H27NO4. The van der Waals surface area contributed by atoms with Gasteiger partial charge in [-0.15, -0.1) is 0 Å². The Balaban J connectivity index is 1.85. The number of phenols is 1. The molecule has 2 aliphatic carbocycles. The minimum Gasteiger partial charge on any atom is -0.507 e. The molecule has 4 aliphatic rings. The highest BCUT2D eigenvalue weighted by atomic mass is 16.6. The Hall–Kier alpha value is -1.43. The monoisotopic (exact) mass is 357 g/mol. The molecule has 140 valence electrons. The van der Waals surface area contributed by atoms with Crippen LogP contribution in [0.25, 0.3) is 0 Å². The number of carbonyl (C=O) groups excluding carboxylic acids is 1. The van der Waals surface area contributed by atoms with Crippen molar-refractivity contribution in [3.63, 3.8) is 0 Å². The van der Waals surface area contributed by atoms with Gasteiger partial charge in [-0.2, -0.15) is 0 Å². The number of aliphatic hydroxyl groups excluding tert-OH is 1. The summed E-state index contributed by atoms with van der Waals surface area (Å²) in [5.41, 5.74) is 2.10. The largest absolute Gasteiger partial charge is 0.507 e. The first-order valence-electron chi connectivity index (χ1n) is 9.77. The van der Waals surface area contributed by atoms with Crippen molar-refractivity contribution in [3.05, 3.63) is 28.8 Å². The molecule has 2 bridgehead atoms. The van der Waals surface area contributed by atoms with Gasteiger partial charge in [0.15, 0.2) is 0 Å². The maximum Gasteiger partial charge on any atom is 0.136 e. The van der Waals surface area contributed by atoms with E-state index in [0.29, 0.717) is 23.8 Å². The molecule has 2 saturated heterocycles. The fraction of sp³-hybridized carbons (Fsp3) is 0.667. The predicted octanol–water partition coefficient (Wildman–Crippen LogP) is 1.77. The number of fused-ring (bicyclic) bond motifs is 1. The van der Waals surface area contributed by atoms with Gasteiger partial charge in [0, 0.05) is 40.3 Å². The van der Waals surface area contributed by atoms with E-state index in [4.69, 9.17) is 4.74 Å². The van der Waals surface area contributed by atoms with Crippen molar-refractivity contribution < 1.29 is 19.7 Å². The van der Waals surface area contributed by atoms with Crippen LogP contribution in [0.15, 0.2) is 12.1 Å². The van der Waals surface area contributed by atoms with Crippen molar-refractivity contribution in [3.8, 4) is 5.75 Å². The number of hydrogen-bond acceptors (Lipinski definition) is 5. The van der Waals surface area contributed by atoms with Gasteiger partial charge in [0.1, 0.15) is 11.5 Å². The summed E-state index contributed by atoms with van der Waals surface area (Å²) >= 11 is 0. The summed E-state index contributed by atoms with van der Waals surface area (Å²) in [4.78, 5) is 15.3. The number of piperidine rings is 1. The van der Waals surface area contributed by atoms with Gasteiger partial charge in [-0.05, 0) is 38.4 Å². The van der Waals surface area contributed by atoms with E-state index < -0.39 is 5.41 Å². The number of nitrogens with zero attached hydrogens (tertiary/aromatic N) is 1. The van der Waals surface area contributed by atoms with Crippen LogP contribution in [0.2, 0.25) is 0 Å². The van der Waals surface area contributed by atoms with Crippen molar-refractivity contribution in [2.24, 2.45) is 11.3 Å². The SMILES string of the molecule is C[C@@H]1C(=O)CC[C@@]2(C3CO3)C3Cc4ccc(CO)c(O)c4[C@@]12CCN3C. The molecule has 26 heavy (non-hydrogen) atoms. The highest BCUT2D eigenvalue weighted by molar-refractivity contribution is 5.85. The van der Waals surface area contributed by atoms with Crippen molar-refractivity contribution in [1.82, 2.24) is 4.90 Å². The zero-order valence-electron chi connectivity index (χ0n) is 15.5. The summed E-state index contributed by atoms with van der Waals surface area (Å²) in [6.45, 7) is 3.54. The second-order valence-corrected chi connectivity index (χ2v) is 8.74. The van der Waals surface area contributed by atoms with E-state index in [-0.39, 0.29) is 29.8 Å². The maximum atomic E-state index is 12.9. The number of aromatic hydroxyl groups is 1. The number of rotatable bonds is 2. The third-order valence-corrected chi connectivity index (χ3v) is 8.11. The molecule has 2 heterocycles. The number of likely N-dealkylation sites (tertiary alicyclic amines) is 1. The number of Topliss-reactive ketones (excluding diaryl/α,β-unsaturated/α-hetero) is 1. The fourth-order valence-corrected chi connectivity index (χ4v) is 6.86. The molecule has 2 N–H and O–H groups in total. The Labute approximate surface area is 154 Å². The molecule has 2 unspecified atom stereocenters. The molecular weight excluding hydrogens is 330 g/mol. The predicted molar refractivity (Wildman–Crippen MR) is 96.0 cm³/mol. The summed E-state index contributed by atoms with van der Waals surface area (Å²) in [6.07, 6.45) is 3.31. The summed E-state index contributed by atoms with van der Waals surface area (Å²) < 4.78 is 5.91. The van der Waals surface area contributed by atoms with Crippen LogP contribution in [0.1, 0.15) is 42.9 Å². The molecule has 5 atom stereocenters. The Morgan fingerprint density at radius 3 is 2.81 bits per heavy atom. The Morgan fingerprint density at radius 2 is 2.12 bits per heavy atom. The average Bonchev–Trinajstić information content (AvgIpc) is 3.47. The number of carbonyl (C=O) groups is 1. The summed E-state index contributed by atoms with van der Waals surface area (Å²) in [7, 11) is 2.19. The van der Waals surface area contributed by atoms with E-state index >= 15 is 0 Å². The van der Waals surface area contributed by atoms with Crippen LogP contribution in [0.4, 0.5) is 0 Å². The smallest absolute Gasteiger partial charge is 0.136 e. The Morgan fingerprint density at radius 1 is 1.35 bits per heavy atom. The zero-order valence-corrected chi connectivity index (χ0v) is 15.5. The summed E-state index contributed by atoms with van der Waals surface area (Å²) in [5.74, 6) is 0.362. The van der Waals surface area contributed by atoms with Crippen LogP contribution in [0.5, 0.6) is 5.75 Å². The Bertz CT molecular complexity index is 788. The van der Waals surface area contributed by atoms with Crippen LogP contribution in [-0.4, -0.2) is 53.2 Å². The maximum absolute atomic E-state index is 12.9. The molecule has 1 saturated carbocycles.